The highest BCUT2D eigenvalue weighted by molar-refractivity contribution is 9.10. The predicted molar refractivity (Wildman–Crippen MR) is 84.8 cm³/mol. The van der Waals surface area contributed by atoms with Crippen LogP contribution in [0.15, 0.2) is 40.9 Å². The number of nitrogens with zero attached hydrogens (tertiary/aromatic N) is 1. The van der Waals surface area contributed by atoms with Gasteiger partial charge in [-0.05, 0) is 32.2 Å². The third-order valence-corrected chi connectivity index (χ3v) is 3.49. The summed E-state index contributed by atoms with van der Waals surface area (Å²) in [5.74, 6) is 0.836. The molecule has 0 unspecified atom stereocenters. The molecule has 0 aliphatic rings. The van der Waals surface area contributed by atoms with E-state index in [0.29, 0.717) is 17.9 Å². The zero-order valence-corrected chi connectivity index (χ0v) is 13.3. The Bertz CT molecular complexity index is 674. The van der Waals surface area contributed by atoms with E-state index in [-0.39, 0.29) is 11.4 Å². The summed E-state index contributed by atoms with van der Waals surface area (Å²) in [4.78, 5) is 10.8. The highest BCUT2D eigenvalue weighted by atomic mass is 79.9. The van der Waals surface area contributed by atoms with Gasteiger partial charge in [0.15, 0.2) is 0 Å². The highest BCUT2D eigenvalue weighted by Crippen LogP contribution is 2.36. The second-order valence-corrected chi connectivity index (χ2v) is 5.48. The zero-order chi connectivity index (χ0) is 15.4. The smallest absolute Gasteiger partial charge is 0.314 e. The molecule has 2 aromatic carbocycles. The molecule has 0 aliphatic heterocycles. The Morgan fingerprint density at radius 3 is 2.71 bits per heavy atom. The van der Waals surface area contributed by atoms with Crippen molar-refractivity contribution in [3.8, 4) is 11.5 Å². The number of halogens is 1. The van der Waals surface area contributed by atoms with E-state index in [1.807, 2.05) is 19.2 Å². The fourth-order valence-corrected chi connectivity index (χ4v) is 2.37. The lowest BCUT2D eigenvalue weighted by molar-refractivity contribution is -0.386. The Balaban J connectivity index is 2.45. The third-order valence-electron chi connectivity index (χ3n) is 3.00. The quantitative estimate of drug-likeness (QED) is 0.648. The van der Waals surface area contributed by atoms with Gasteiger partial charge in [-0.3, -0.25) is 10.1 Å². The van der Waals surface area contributed by atoms with Crippen molar-refractivity contribution >= 4 is 21.6 Å². The molecule has 0 heterocycles. The van der Waals surface area contributed by atoms with Crippen molar-refractivity contribution in [2.75, 3.05) is 7.05 Å². The van der Waals surface area contributed by atoms with Gasteiger partial charge in [0.2, 0.25) is 5.75 Å². The molecule has 0 spiro atoms. The number of hydrogen-bond donors (Lipinski definition) is 1. The number of nitro benzene ring substituents is 1. The summed E-state index contributed by atoms with van der Waals surface area (Å²) >= 11 is 3.39. The van der Waals surface area contributed by atoms with E-state index in [0.717, 1.165) is 10.0 Å². The Labute approximate surface area is 131 Å². The maximum atomic E-state index is 11.2. The second-order valence-electron chi connectivity index (χ2n) is 4.56. The summed E-state index contributed by atoms with van der Waals surface area (Å²) < 4.78 is 6.66. The van der Waals surface area contributed by atoms with E-state index in [2.05, 4.69) is 21.2 Å². The molecule has 5 nitrogen and oxygen atoms in total. The fourth-order valence-electron chi connectivity index (χ4n) is 2.03. The van der Waals surface area contributed by atoms with Gasteiger partial charge in [-0.25, -0.2) is 0 Å². The first kappa shape index (κ1) is 15.5. The maximum Gasteiger partial charge on any atom is 0.314 e. The van der Waals surface area contributed by atoms with E-state index in [9.17, 15) is 10.1 Å². The number of nitrogens with one attached hydrogen (secondary N) is 1. The number of benzene rings is 2. The molecular weight excluding hydrogens is 336 g/mol. The van der Waals surface area contributed by atoms with Crippen LogP contribution in [-0.4, -0.2) is 12.0 Å². The van der Waals surface area contributed by atoms with Crippen LogP contribution in [0.2, 0.25) is 0 Å². The summed E-state index contributed by atoms with van der Waals surface area (Å²) in [6, 6.07) is 10.7. The van der Waals surface area contributed by atoms with E-state index in [1.54, 1.807) is 31.2 Å². The molecule has 0 amide bonds. The molecule has 0 saturated heterocycles. The van der Waals surface area contributed by atoms with E-state index >= 15 is 0 Å². The van der Waals surface area contributed by atoms with Crippen LogP contribution in [0.3, 0.4) is 0 Å². The second kappa shape index (κ2) is 6.69. The van der Waals surface area contributed by atoms with Gasteiger partial charge in [0.25, 0.3) is 0 Å². The summed E-state index contributed by atoms with van der Waals surface area (Å²) in [6.07, 6.45) is 0. The van der Waals surface area contributed by atoms with Gasteiger partial charge in [0.05, 0.1) is 4.92 Å². The molecule has 6 heteroatoms. The minimum absolute atomic E-state index is 0.00659. The number of nitro groups is 1. The van der Waals surface area contributed by atoms with Gasteiger partial charge in [-0.2, -0.15) is 0 Å². The van der Waals surface area contributed by atoms with Crippen LogP contribution in [0.1, 0.15) is 11.1 Å². The normalized spacial score (nSPS) is 10.4. The third kappa shape index (κ3) is 3.59. The van der Waals surface area contributed by atoms with Crippen LogP contribution >= 0.6 is 15.9 Å². The van der Waals surface area contributed by atoms with Gasteiger partial charge >= 0.3 is 5.69 Å². The minimum atomic E-state index is -0.416. The van der Waals surface area contributed by atoms with Crippen LogP contribution in [0.25, 0.3) is 0 Å². The highest BCUT2D eigenvalue weighted by Gasteiger charge is 2.19. The number of aryl methyl sites for hydroxylation is 1. The maximum absolute atomic E-state index is 11.2. The van der Waals surface area contributed by atoms with Gasteiger partial charge in [0.1, 0.15) is 5.75 Å². The molecule has 110 valence electrons. The van der Waals surface area contributed by atoms with Crippen LogP contribution in [0, 0.1) is 17.0 Å². The lowest BCUT2D eigenvalue weighted by Crippen LogP contribution is -2.06. The van der Waals surface area contributed by atoms with Crippen molar-refractivity contribution in [1.82, 2.24) is 5.32 Å². The van der Waals surface area contributed by atoms with Gasteiger partial charge in [-0.15, -0.1) is 0 Å². The number of rotatable bonds is 5. The minimum Gasteiger partial charge on any atom is -0.450 e. The molecular formula is C15H15BrN2O3. The number of hydrogen-bond acceptors (Lipinski definition) is 4. The standard InChI is InChI=1S/C15H15BrN2O3/c1-10-4-3-5-13(15(10)18(19)20)21-14-8-12(16)7-6-11(14)9-17-2/h3-8,17H,9H2,1-2H3. The molecule has 2 rings (SSSR count). The summed E-state index contributed by atoms with van der Waals surface area (Å²) in [5.41, 5.74) is 1.49. The Hall–Kier alpha value is -1.92. The van der Waals surface area contributed by atoms with Gasteiger partial charge in [0, 0.05) is 22.1 Å². The average molecular weight is 351 g/mol. The number of ether oxygens (including phenoxy) is 1. The first-order chi connectivity index (χ1) is 10.0. The van der Waals surface area contributed by atoms with Crippen LogP contribution in [0.4, 0.5) is 5.69 Å². The lowest BCUT2D eigenvalue weighted by atomic mass is 10.1. The Kier molecular flexibility index (Phi) is 4.93. The molecule has 2 aromatic rings. The van der Waals surface area contributed by atoms with Crippen LogP contribution in [-0.2, 0) is 6.54 Å². The van der Waals surface area contributed by atoms with Crippen LogP contribution in [0.5, 0.6) is 11.5 Å². The van der Waals surface area contributed by atoms with Crippen molar-refractivity contribution in [2.45, 2.75) is 13.5 Å². The molecule has 0 aliphatic carbocycles. The lowest BCUT2D eigenvalue weighted by Gasteiger charge is -2.12. The first-order valence-corrected chi connectivity index (χ1v) is 7.17. The van der Waals surface area contributed by atoms with Crippen molar-refractivity contribution in [2.24, 2.45) is 0 Å². The molecule has 0 radical (unpaired) electrons. The van der Waals surface area contributed by atoms with Crippen molar-refractivity contribution in [1.29, 1.82) is 0 Å². The van der Waals surface area contributed by atoms with E-state index < -0.39 is 4.92 Å². The predicted octanol–water partition coefficient (Wildman–Crippen LogP) is 4.18. The Morgan fingerprint density at radius 1 is 1.29 bits per heavy atom. The summed E-state index contributed by atoms with van der Waals surface area (Å²) in [6.45, 7) is 2.31. The first-order valence-electron chi connectivity index (χ1n) is 6.38. The van der Waals surface area contributed by atoms with Gasteiger partial charge in [-0.1, -0.05) is 34.1 Å². The zero-order valence-electron chi connectivity index (χ0n) is 11.7. The molecule has 0 bridgehead atoms. The molecule has 0 atom stereocenters. The van der Waals surface area contributed by atoms with E-state index in [4.69, 9.17) is 4.74 Å². The van der Waals surface area contributed by atoms with Gasteiger partial charge < -0.3 is 10.1 Å². The summed E-state index contributed by atoms with van der Waals surface area (Å²) in [5, 5.41) is 14.3. The molecule has 21 heavy (non-hydrogen) atoms. The Morgan fingerprint density at radius 2 is 2.05 bits per heavy atom. The average Bonchev–Trinajstić information content (AvgIpc) is 2.41. The molecule has 1 N–H and O–H groups in total. The fraction of sp³-hybridized carbons (Fsp3) is 0.200. The SMILES string of the molecule is CNCc1ccc(Br)cc1Oc1cccc(C)c1[N+](=O)[O-]. The largest absolute Gasteiger partial charge is 0.450 e. The number of para-hydroxylation sites is 1. The monoisotopic (exact) mass is 350 g/mol. The van der Waals surface area contributed by atoms with Crippen molar-refractivity contribution < 1.29 is 9.66 Å². The molecule has 0 aromatic heterocycles. The molecule has 0 saturated carbocycles. The van der Waals surface area contributed by atoms with Crippen molar-refractivity contribution in [3.05, 3.63) is 62.1 Å². The van der Waals surface area contributed by atoms with Crippen LogP contribution < -0.4 is 10.1 Å². The topological polar surface area (TPSA) is 64.4 Å². The molecule has 0 fully saturated rings. The summed E-state index contributed by atoms with van der Waals surface area (Å²) in [7, 11) is 1.83. The van der Waals surface area contributed by atoms with E-state index in [1.165, 1.54) is 0 Å². The van der Waals surface area contributed by atoms with Crippen molar-refractivity contribution in [3.63, 3.8) is 0 Å².